The Kier molecular flexibility index (Phi) is 9.88. The molecule has 3 nitrogen and oxygen atoms in total. The van der Waals surface area contributed by atoms with Crippen LogP contribution in [0.4, 0.5) is 0 Å². The number of nitrogens with zero attached hydrogens (tertiary/aromatic N) is 1. The molecule has 0 spiro atoms. The van der Waals surface area contributed by atoms with Gasteiger partial charge in [0.05, 0.1) is 18.5 Å². The summed E-state index contributed by atoms with van der Waals surface area (Å²) in [6.07, 6.45) is 10.4. The number of aromatic nitrogens is 1. The number of unbranched alkanes of at least 4 members (excludes halogenated alkanes) is 4. The van der Waals surface area contributed by atoms with E-state index in [0.717, 1.165) is 43.9 Å². The Morgan fingerprint density at radius 1 is 1.05 bits per heavy atom. The Labute approximate surface area is 130 Å². The van der Waals surface area contributed by atoms with E-state index >= 15 is 0 Å². The summed E-state index contributed by atoms with van der Waals surface area (Å²) in [6, 6.07) is 4.49. The van der Waals surface area contributed by atoms with Crippen LogP contribution in [0.2, 0.25) is 0 Å². The quantitative estimate of drug-likeness (QED) is 0.557. The van der Waals surface area contributed by atoms with E-state index in [1.807, 2.05) is 12.3 Å². The summed E-state index contributed by atoms with van der Waals surface area (Å²) in [5, 5.41) is 3.52. The van der Waals surface area contributed by atoms with Crippen molar-refractivity contribution in [2.45, 2.75) is 71.8 Å². The normalized spacial score (nSPS) is 12.3. The van der Waals surface area contributed by atoms with Gasteiger partial charge in [-0.05, 0) is 37.9 Å². The summed E-state index contributed by atoms with van der Waals surface area (Å²) < 4.78 is 5.75. The van der Waals surface area contributed by atoms with Crippen LogP contribution >= 0.6 is 0 Å². The van der Waals surface area contributed by atoms with Crippen LogP contribution < -0.4 is 10.1 Å². The molecule has 1 heterocycles. The summed E-state index contributed by atoms with van der Waals surface area (Å²) in [4.78, 5) is 4.54. The molecule has 1 rings (SSSR count). The smallest absolute Gasteiger partial charge is 0.137 e. The molecule has 0 fully saturated rings. The molecule has 0 aliphatic rings. The van der Waals surface area contributed by atoms with Gasteiger partial charge in [0.2, 0.25) is 0 Å². The Morgan fingerprint density at radius 3 is 2.48 bits per heavy atom. The van der Waals surface area contributed by atoms with Crippen molar-refractivity contribution in [1.82, 2.24) is 10.3 Å². The Morgan fingerprint density at radius 2 is 1.86 bits per heavy atom. The second-order valence-corrected chi connectivity index (χ2v) is 5.60. The SMILES string of the molecule is CCCCCCCOc1ccc(C(CC)NCCC)nc1. The topological polar surface area (TPSA) is 34.1 Å². The molecule has 1 unspecified atom stereocenters. The molecule has 1 aromatic heterocycles. The lowest BCUT2D eigenvalue weighted by Crippen LogP contribution is -2.22. The molecule has 0 aliphatic heterocycles. The maximum atomic E-state index is 5.75. The van der Waals surface area contributed by atoms with E-state index in [0.29, 0.717) is 6.04 Å². The first-order valence-corrected chi connectivity index (χ1v) is 8.63. The van der Waals surface area contributed by atoms with E-state index in [1.54, 1.807) is 0 Å². The first-order chi connectivity index (χ1) is 10.3. The largest absolute Gasteiger partial charge is 0.492 e. The van der Waals surface area contributed by atoms with Crippen molar-refractivity contribution in [2.75, 3.05) is 13.2 Å². The van der Waals surface area contributed by atoms with Crippen LogP contribution in [0.5, 0.6) is 5.75 Å². The number of rotatable bonds is 12. The highest BCUT2D eigenvalue weighted by Gasteiger charge is 2.09. The van der Waals surface area contributed by atoms with E-state index < -0.39 is 0 Å². The third kappa shape index (κ3) is 7.47. The highest BCUT2D eigenvalue weighted by molar-refractivity contribution is 5.21. The average molecular weight is 292 g/mol. The fourth-order valence-corrected chi connectivity index (χ4v) is 2.36. The van der Waals surface area contributed by atoms with Crippen molar-refractivity contribution in [3.63, 3.8) is 0 Å². The van der Waals surface area contributed by atoms with Gasteiger partial charge in [-0.3, -0.25) is 4.98 Å². The van der Waals surface area contributed by atoms with E-state index in [1.165, 1.54) is 25.7 Å². The van der Waals surface area contributed by atoms with Crippen molar-refractivity contribution in [3.8, 4) is 5.75 Å². The van der Waals surface area contributed by atoms with Gasteiger partial charge in [-0.1, -0.05) is 46.5 Å². The summed E-state index contributed by atoms with van der Waals surface area (Å²) >= 11 is 0. The lowest BCUT2D eigenvalue weighted by molar-refractivity contribution is 0.303. The van der Waals surface area contributed by atoms with Crippen LogP contribution in [0.15, 0.2) is 18.3 Å². The van der Waals surface area contributed by atoms with Crippen molar-refractivity contribution in [3.05, 3.63) is 24.0 Å². The van der Waals surface area contributed by atoms with Crippen LogP contribution in [-0.2, 0) is 0 Å². The highest BCUT2D eigenvalue weighted by Crippen LogP contribution is 2.17. The van der Waals surface area contributed by atoms with Gasteiger partial charge in [0.15, 0.2) is 0 Å². The maximum Gasteiger partial charge on any atom is 0.137 e. The Bertz CT molecular complexity index is 351. The summed E-state index contributed by atoms with van der Waals surface area (Å²) in [5.41, 5.74) is 1.11. The van der Waals surface area contributed by atoms with Crippen LogP contribution in [-0.4, -0.2) is 18.1 Å². The number of pyridine rings is 1. The number of ether oxygens (including phenoxy) is 1. The van der Waals surface area contributed by atoms with Crippen molar-refractivity contribution < 1.29 is 4.74 Å². The van der Waals surface area contributed by atoms with Crippen LogP contribution in [0.1, 0.15) is 77.5 Å². The first kappa shape index (κ1) is 18.0. The summed E-state index contributed by atoms with van der Waals surface area (Å²) in [7, 11) is 0. The molecule has 0 bridgehead atoms. The molecule has 21 heavy (non-hydrogen) atoms. The zero-order valence-electron chi connectivity index (χ0n) is 14.0. The standard InChI is InChI=1S/C18H32N2O/c1-4-7-8-9-10-14-21-16-11-12-18(20-15-16)17(6-3)19-13-5-2/h11-12,15,17,19H,4-10,13-14H2,1-3H3. The van der Waals surface area contributed by atoms with E-state index in [9.17, 15) is 0 Å². The van der Waals surface area contributed by atoms with Gasteiger partial charge in [0.1, 0.15) is 5.75 Å². The Hall–Kier alpha value is -1.09. The molecule has 0 radical (unpaired) electrons. The van der Waals surface area contributed by atoms with Crippen molar-refractivity contribution >= 4 is 0 Å². The van der Waals surface area contributed by atoms with Crippen molar-refractivity contribution in [1.29, 1.82) is 0 Å². The Balaban J connectivity index is 2.32. The van der Waals surface area contributed by atoms with Gasteiger partial charge < -0.3 is 10.1 Å². The predicted octanol–water partition coefficient (Wildman–Crippen LogP) is 4.88. The molecule has 1 N–H and O–H groups in total. The minimum absolute atomic E-state index is 0.355. The third-order valence-electron chi connectivity index (χ3n) is 3.68. The minimum atomic E-state index is 0.355. The van der Waals surface area contributed by atoms with Crippen LogP contribution in [0.25, 0.3) is 0 Å². The lowest BCUT2D eigenvalue weighted by Gasteiger charge is -2.16. The molecule has 0 saturated carbocycles. The zero-order valence-corrected chi connectivity index (χ0v) is 14.0. The molecule has 1 aromatic rings. The number of hydrogen-bond acceptors (Lipinski definition) is 3. The fourth-order valence-electron chi connectivity index (χ4n) is 2.36. The first-order valence-electron chi connectivity index (χ1n) is 8.63. The molecular formula is C18H32N2O. The number of hydrogen-bond donors (Lipinski definition) is 1. The third-order valence-corrected chi connectivity index (χ3v) is 3.68. The lowest BCUT2D eigenvalue weighted by atomic mass is 10.1. The van der Waals surface area contributed by atoms with Gasteiger partial charge in [-0.25, -0.2) is 0 Å². The molecule has 0 saturated heterocycles. The van der Waals surface area contributed by atoms with Gasteiger partial charge in [0, 0.05) is 6.04 Å². The number of nitrogens with one attached hydrogen (secondary N) is 1. The second-order valence-electron chi connectivity index (χ2n) is 5.60. The minimum Gasteiger partial charge on any atom is -0.492 e. The molecule has 0 aromatic carbocycles. The van der Waals surface area contributed by atoms with Gasteiger partial charge >= 0.3 is 0 Å². The van der Waals surface area contributed by atoms with E-state index in [4.69, 9.17) is 4.74 Å². The molecule has 0 amide bonds. The van der Waals surface area contributed by atoms with Gasteiger partial charge in [-0.2, -0.15) is 0 Å². The van der Waals surface area contributed by atoms with Crippen LogP contribution in [0, 0.1) is 0 Å². The molecule has 3 heteroatoms. The van der Waals surface area contributed by atoms with Gasteiger partial charge in [-0.15, -0.1) is 0 Å². The summed E-state index contributed by atoms with van der Waals surface area (Å²) in [6.45, 7) is 8.45. The fraction of sp³-hybridized carbons (Fsp3) is 0.722. The highest BCUT2D eigenvalue weighted by atomic mass is 16.5. The molecule has 1 atom stereocenters. The van der Waals surface area contributed by atoms with E-state index in [-0.39, 0.29) is 0 Å². The second kappa shape index (κ2) is 11.6. The predicted molar refractivity (Wildman–Crippen MR) is 89.8 cm³/mol. The molecule has 0 aliphatic carbocycles. The van der Waals surface area contributed by atoms with Crippen LogP contribution in [0.3, 0.4) is 0 Å². The van der Waals surface area contributed by atoms with Gasteiger partial charge in [0.25, 0.3) is 0 Å². The zero-order chi connectivity index (χ0) is 15.3. The molecule has 120 valence electrons. The summed E-state index contributed by atoms with van der Waals surface area (Å²) in [5.74, 6) is 0.889. The monoisotopic (exact) mass is 292 g/mol. The van der Waals surface area contributed by atoms with E-state index in [2.05, 4.69) is 37.1 Å². The van der Waals surface area contributed by atoms with Crippen molar-refractivity contribution in [2.24, 2.45) is 0 Å². The average Bonchev–Trinajstić information content (AvgIpc) is 2.53. The molecular weight excluding hydrogens is 260 g/mol. The maximum absolute atomic E-state index is 5.75.